The molecule has 4 heteroatoms. The van der Waals surface area contributed by atoms with Crippen molar-refractivity contribution in [2.45, 2.75) is 33.2 Å². The molecule has 2 N–H and O–H groups in total. The van der Waals surface area contributed by atoms with Gasteiger partial charge in [-0.1, -0.05) is 20.3 Å². The first-order valence-corrected chi connectivity index (χ1v) is 5.50. The number of anilines is 1. The minimum absolute atomic E-state index is 0.220. The Morgan fingerprint density at radius 1 is 1.56 bits per heavy atom. The summed E-state index contributed by atoms with van der Waals surface area (Å²) in [6.45, 7) is 6.31. The van der Waals surface area contributed by atoms with Gasteiger partial charge in [-0.2, -0.15) is 0 Å². The Balaban J connectivity index is 2.84. The van der Waals surface area contributed by atoms with Crippen molar-refractivity contribution >= 4 is 11.7 Å². The first-order chi connectivity index (χ1) is 7.56. The number of aromatic nitrogens is 1. The Labute approximate surface area is 95.7 Å². The van der Waals surface area contributed by atoms with Gasteiger partial charge in [0.2, 0.25) is 0 Å². The lowest BCUT2D eigenvalue weighted by Gasteiger charge is -2.21. The van der Waals surface area contributed by atoms with Crippen molar-refractivity contribution in [3.8, 4) is 0 Å². The third kappa shape index (κ3) is 2.95. The van der Waals surface area contributed by atoms with Crippen molar-refractivity contribution in [1.82, 2.24) is 4.98 Å². The molecule has 0 saturated heterocycles. The third-order valence-corrected chi connectivity index (χ3v) is 2.93. The van der Waals surface area contributed by atoms with E-state index in [2.05, 4.69) is 31.1 Å². The van der Waals surface area contributed by atoms with Crippen LogP contribution in [0.5, 0.6) is 0 Å². The smallest absolute Gasteiger partial charge is 0.339 e. The van der Waals surface area contributed by atoms with Gasteiger partial charge < -0.3 is 10.4 Å². The summed E-state index contributed by atoms with van der Waals surface area (Å²) in [5, 5.41) is 12.2. The van der Waals surface area contributed by atoms with Crippen molar-refractivity contribution in [3.63, 3.8) is 0 Å². The predicted molar refractivity (Wildman–Crippen MR) is 63.7 cm³/mol. The monoisotopic (exact) mass is 222 g/mol. The standard InChI is InChI=1S/C12H18N2O2/c1-4-8(2)9(3)14-11-5-6-13-7-10(11)12(15)16/h5-9H,4H2,1-3H3,(H,13,14)(H,15,16). The quantitative estimate of drug-likeness (QED) is 0.804. The molecule has 1 aromatic heterocycles. The highest BCUT2D eigenvalue weighted by molar-refractivity contribution is 5.93. The Kier molecular flexibility index (Phi) is 4.28. The zero-order valence-electron chi connectivity index (χ0n) is 9.90. The minimum atomic E-state index is -0.952. The summed E-state index contributed by atoms with van der Waals surface area (Å²) in [6.07, 6.45) is 4.02. The fourth-order valence-corrected chi connectivity index (χ4v) is 1.43. The van der Waals surface area contributed by atoms with E-state index in [4.69, 9.17) is 5.11 Å². The topological polar surface area (TPSA) is 62.2 Å². The Morgan fingerprint density at radius 2 is 2.25 bits per heavy atom. The van der Waals surface area contributed by atoms with E-state index in [0.717, 1.165) is 6.42 Å². The number of rotatable bonds is 5. The Bertz CT molecular complexity index is 366. The number of nitrogens with zero attached hydrogens (tertiary/aromatic N) is 1. The molecule has 1 rings (SSSR count). The molecule has 4 nitrogen and oxygen atoms in total. The molecule has 1 aromatic rings. The fraction of sp³-hybridized carbons (Fsp3) is 0.500. The van der Waals surface area contributed by atoms with Crippen LogP contribution in [0.15, 0.2) is 18.5 Å². The van der Waals surface area contributed by atoms with E-state index in [1.165, 1.54) is 6.20 Å². The van der Waals surface area contributed by atoms with Gasteiger partial charge in [0, 0.05) is 18.4 Å². The normalized spacial score (nSPS) is 14.2. The van der Waals surface area contributed by atoms with Gasteiger partial charge >= 0.3 is 5.97 Å². The van der Waals surface area contributed by atoms with Crippen LogP contribution in [0, 0.1) is 5.92 Å². The van der Waals surface area contributed by atoms with E-state index in [9.17, 15) is 4.79 Å². The van der Waals surface area contributed by atoms with E-state index < -0.39 is 5.97 Å². The molecular formula is C12H18N2O2. The van der Waals surface area contributed by atoms with E-state index in [1.54, 1.807) is 12.3 Å². The summed E-state index contributed by atoms with van der Waals surface area (Å²) in [4.78, 5) is 14.8. The maximum absolute atomic E-state index is 11.0. The van der Waals surface area contributed by atoms with Crippen LogP contribution in [0.25, 0.3) is 0 Å². The van der Waals surface area contributed by atoms with Crippen LogP contribution in [0.3, 0.4) is 0 Å². The molecule has 88 valence electrons. The number of carboxylic acids is 1. The van der Waals surface area contributed by atoms with Crippen molar-refractivity contribution in [2.75, 3.05) is 5.32 Å². The number of aromatic carboxylic acids is 1. The lowest BCUT2D eigenvalue weighted by atomic mass is 10.0. The Hall–Kier alpha value is -1.58. The molecule has 0 amide bonds. The van der Waals surface area contributed by atoms with E-state index in [1.807, 2.05) is 0 Å². The molecular weight excluding hydrogens is 204 g/mol. The number of hydrogen-bond donors (Lipinski definition) is 2. The maximum atomic E-state index is 11.0. The predicted octanol–water partition coefficient (Wildman–Crippen LogP) is 2.63. The van der Waals surface area contributed by atoms with Gasteiger partial charge in [0.05, 0.1) is 5.69 Å². The number of pyridine rings is 1. The van der Waals surface area contributed by atoms with Gasteiger partial charge in [-0.25, -0.2) is 4.79 Å². The van der Waals surface area contributed by atoms with E-state index in [-0.39, 0.29) is 11.6 Å². The molecule has 1 heterocycles. The third-order valence-electron chi connectivity index (χ3n) is 2.93. The molecule has 0 spiro atoms. The van der Waals surface area contributed by atoms with E-state index >= 15 is 0 Å². The molecule has 0 saturated carbocycles. The number of hydrogen-bond acceptors (Lipinski definition) is 3. The van der Waals surface area contributed by atoms with Gasteiger partial charge in [0.15, 0.2) is 0 Å². The van der Waals surface area contributed by atoms with Crippen LogP contribution in [-0.2, 0) is 0 Å². The van der Waals surface area contributed by atoms with Gasteiger partial charge in [-0.05, 0) is 18.9 Å². The largest absolute Gasteiger partial charge is 0.478 e. The van der Waals surface area contributed by atoms with Crippen molar-refractivity contribution in [3.05, 3.63) is 24.0 Å². The minimum Gasteiger partial charge on any atom is -0.478 e. The summed E-state index contributed by atoms with van der Waals surface area (Å²) in [5.74, 6) is -0.457. The maximum Gasteiger partial charge on any atom is 0.339 e. The molecule has 16 heavy (non-hydrogen) atoms. The molecule has 0 radical (unpaired) electrons. The average Bonchev–Trinajstić information content (AvgIpc) is 2.28. The van der Waals surface area contributed by atoms with Crippen LogP contribution >= 0.6 is 0 Å². The molecule has 0 bridgehead atoms. The van der Waals surface area contributed by atoms with E-state index in [0.29, 0.717) is 11.6 Å². The highest BCUT2D eigenvalue weighted by atomic mass is 16.4. The second-order valence-electron chi connectivity index (χ2n) is 4.04. The second-order valence-corrected chi connectivity index (χ2v) is 4.04. The summed E-state index contributed by atoms with van der Waals surface area (Å²) in [7, 11) is 0. The van der Waals surface area contributed by atoms with Crippen LogP contribution in [0.1, 0.15) is 37.6 Å². The van der Waals surface area contributed by atoms with Crippen LogP contribution in [0.4, 0.5) is 5.69 Å². The molecule has 0 fully saturated rings. The van der Waals surface area contributed by atoms with Gasteiger partial charge in [0.25, 0.3) is 0 Å². The first-order valence-electron chi connectivity index (χ1n) is 5.50. The van der Waals surface area contributed by atoms with Crippen LogP contribution in [-0.4, -0.2) is 22.1 Å². The van der Waals surface area contributed by atoms with Crippen molar-refractivity contribution in [2.24, 2.45) is 5.92 Å². The molecule has 0 aliphatic rings. The van der Waals surface area contributed by atoms with Gasteiger partial charge in [-0.15, -0.1) is 0 Å². The molecule has 0 aliphatic carbocycles. The summed E-state index contributed by atoms with van der Waals surface area (Å²) in [5.41, 5.74) is 0.855. The fourth-order valence-electron chi connectivity index (χ4n) is 1.43. The van der Waals surface area contributed by atoms with Crippen molar-refractivity contribution < 1.29 is 9.90 Å². The van der Waals surface area contributed by atoms with Crippen LogP contribution in [0.2, 0.25) is 0 Å². The summed E-state index contributed by atoms with van der Waals surface area (Å²) in [6, 6.07) is 1.94. The summed E-state index contributed by atoms with van der Waals surface area (Å²) < 4.78 is 0. The SMILES string of the molecule is CCC(C)C(C)Nc1ccncc1C(=O)O. The highest BCUT2D eigenvalue weighted by Crippen LogP contribution is 2.18. The van der Waals surface area contributed by atoms with Gasteiger partial charge in [0.1, 0.15) is 5.56 Å². The molecule has 2 atom stereocenters. The zero-order chi connectivity index (χ0) is 12.1. The molecule has 0 aromatic carbocycles. The highest BCUT2D eigenvalue weighted by Gasteiger charge is 2.14. The molecule has 2 unspecified atom stereocenters. The number of nitrogens with one attached hydrogen (secondary N) is 1. The summed E-state index contributed by atoms with van der Waals surface area (Å²) >= 11 is 0. The number of carbonyl (C=O) groups is 1. The second kappa shape index (κ2) is 5.49. The lowest BCUT2D eigenvalue weighted by Crippen LogP contribution is -2.24. The zero-order valence-corrected chi connectivity index (χ0v) is 9.90. The van der Waals surface area contributed by atoms with Crippen molar-refractivity contribution in [1.29, 1.82) is 0 Å². The number of carboxylic acid groups (broad SMARTS) is 1. The van der Waals surface area contributed by atoms with Crippen LogP contribution < -0.4 is 5.32 Å². The Morgan fingerprint density at radius 3 is 2.81 bits per heavy atom. The van der Waals surface area contributed by atoms with Gasteiger partial charge in [-0.3, -0.25) is 4.98 Å². The average molecular weight is 222 g/mol. The molecule has 0 aliphatic heterocycles. The lowest BCUT2D eigenvalue weighted by molar-refractivity contribution is 0.0697. The first kappa shape index (κ1) is 12.5.